The van der Waals surface area contributed by atoms with Crippen LogP contribution in [0.4, 0.5) is 5.69 Å². The van der Waals surface area contributed by atoms with E-state index in [1.807, 2.05) is 0 Å². The molecule has 0 bridgehead atoms. The summed E-state index contributed by atoms with van der Waals surface area (Å²) in [5, 5.41) is 15.7. The van der Waals surface area contributed by atoms with Crippen LogP contribution in [0.2, 0.25) is 5.02 Å². The van der Waals surface area contributed by atoms with Crippen molar-refractivity contribution in [1.29, 1.82) is 0 Å². The molecule has 0 N–H and O–H groups in total. The lowest BCUT2D eigenvalue weighted by molar-refractivity contribution is -0.385. The van der Waals surface area contributed by atoms with Crippen LogP contribution in [-0.4, -0.2) is 50.0 Å². The van der Waals surface area contributed by atoms with Crippen LogP contribution in [-0.2, 0) is 10.0 Å². The third-order valence-corrected chi connectivity index (χ3v) is 6.31. The van der Waals surface area contributed by atoms with Gasteiger partial charge in [-0.1, -0.05) is 11.6 Å². The molecule has 0 amide bonds. The molecule has 0 aliphatic heterocycles. The Kier molecular flexibility index (Phi) is 5.17. The first kappa shape index (κ1) is 20.5. The Morgan fingerprint density at radius 2 is 2.10 bits per heavy atom. The van der Waals surface area contributed by atoms with Gasteiger partial charge >= 0.3 is 0 Å². The molecule has 0 aliphatic carbocycles. The fraction of sp³-hybridized carbons (Fsp3) is 0.0556. The zero-order valence-corrected chi connectivity index (χ0v) is 17.5. The lowest BCUT2D eigenvalue weighted by atomic mass is 10.3. The molecule has 4 aromatic rings. The zero-order valence-electron chi connectivity index (χ0n) is 15.9. The quantitative estimate of drug-likeness (QED) is 0.248. The number of pyridine rings is 1. The highest BCUT2D eigenvalue weighted by Crippen LogP contribution is 2.27. The summed E-state index contributed by atoms with van der Waals surface area (Å²) < 4.78 is 30.3. The van der Waals surface area contributed by atoms with Crippen LogP contribution < -0.4 is 0 Å². The molecule has 1 aromatic carbocycles. The highest BCUT2D eigenvalue weighted by molar-refractivity contribution is 7.89. The molecule has 11 nitrogen and oxygen atoms in total. The van der Waals surface area contributed by atoms with E-state index in [0.717, 1.165) is 10.5 Å². The van der Waals surface area contributed by atoms with Crippen molar-refractivity contribution in [2.45, 2.75) is 4.90 Å². The first-order chi connectivity index (χ1) is 14.8. The lowest BCUT2D eigenvalue weighted by Crippen LogP contribution is -2.23. The highest BCUT2D eigenvalue weighted by Gasteiger charge is 2.27. The van der Waals surface area contributed by atoms with E-state index in [0.29, 0.717) is 16.4 Å². The molecule has 0 saturated carbocycles. The maximum absolute atomic E-state index is 13.2. The van der Waals surface area contributed by atoms with E-state index in [4.69, 9.17) is 11.6 Å². The number of benzene rings is 1. The van der Waals surface area contributed by atoms with Crippen molar-refractivity contribution in [3.05, 3.63) is 82.3 Å². The predicted molar refractivity (Wildman–Crippen MR) is 113 cm³/mol. The molecule has 0 unspecified atom stereocenters. The Balaban J connectivity index is 1.75. The number of fused-ring (bicyclic) bond motifs is 1. The summed E-state index contributed by atoms with van der Waals surface area (Å²) >= 11 is 6.01. The monoisotopic (exact) mass is 459 g/mol. The van der Waals surface area contributed by atoms with Crippen molar-refractivity contribution >= 4 is 39.2 Å². The van der Waals surface area contributed by atoms with Crippen molar-refractivity contribution in [1.82, 2.24) is 23.3 Å². The van der Waals surface area contributed by atoms with E-state index >= 15 is 0 Å². The topological polar surface area (TPSA) is 128 Å². The average Bonchev–Trinajstić information content (AvgIpc) is 3.41. The minimum Gasteiger partial charge on any atom is -0.305 e. The number of hydrazone groups is 1. The molecule has 0 radical (unpaired) electrons. The Labute approximate surface area is 181 Å². The van der Waals surface area contributed by atoms with Crippen molar-refractivity contribution in [3.63, 3.8) is 0 Å². The number of sulfonamides is 1. The summed E-state index contributed by atoms with van der Waals surface area (Å²) in [5.41, 5.74) is 0.939. The zero-order chi connectivity index (χ0) is 22.2. The highest BCUT2D eigenvalue weighted by atomic mass is 35.5. The van der Waals surface area contributed by atoms with Gasteiger partial charge < -0.3 is 4.57 Å². The number of nitro groups is 1. The van der Waals surface area contributed by atoms with Gasteiger partial charge in [-0.25, -0.2) is 9.97 Å². The maximum atomic E-state index is 13.2. The van der Waals surface area contributed by atoms with E-state index in [-0.39, 0.29) is 16.3 Å². The molecule has 158 valence electrons. The second-order valence-electron chi connectivity index (χ2n) is 6.32. The van der Waals surface area contributed by atoms with Crippen LogP contribution in [0.1, 0.15) is 5.69 Å². The fourth-order valence-electron chi connectivity index (χ4n) is 2.85. The van der Waals surface area contributed by atoms with Crippen molar-refractivity contribution in [3.8, 4) is 5.69 Å². The largest absolute Gasteiger partial charge is 0.305 e. The Bertz CT molecular complexity index is 1410. The maximum Gasteiger partial charge on any atom is 0.281 e. The van der Waals surface area contributed by atoms with Crippen molar-refractivity contribution in [2.75, 3.05) is 7.05 Å². The molecule has 0 saturated heterocycles. The number of nitrogens with zero attached hydrogens (tertiary/aromatic N) is 7. The molecule has 0 spiro atoms. The van der Waals surface area contributed by atoms with Gasteiger partial charge in [0.1, 0.15) is 10.5 Å². The molecule has 3 heterocycles. The van der Waals surface area contributed by atoms with E-state index in [1.54, 1.807) is 22.7 Å². The van der Waals surface area contributed by atoms with Gasteiger partial charge in [0.15, 0.2) is 0 Å². The first-order valence-electron chi connectivity index (χ1n) is 8.69. The second-order valence-corrected chi connectivity index (χ2v) is 8.68. The summed E-state index contributed by atoms with van der Waals surface area (Å²) in [6.45, 7) is 0. The van der Waals surface area contributed by atoms with Gasteiger partial charge in [-0.3, -0.25) is 14.5 Å². The molecule has 3 aromatic heterocycles. The number of nitro benzene ring substituents is 1. The number of halogens is 1. The minimum absolute atomic E-state index is 0.201. The van der Waals surface area contributed by atoms with Gasteiger partial charge in [0, 0.05) is 37.8 Å². The SMILES string of the molecule is CN(N=Cc1cnc2ccc(Cl)cn12)S(=O)(=O)c1cc([N+](=O)[O-])ccc1-n1ccnc1. The van der Waals surface area contributed by atoms with Gasteiger partial charge in [0.25, 0.3) is 15.7 Å². The van der Waals surface area contributed by atoms with Gasteiger partial charge in [-0.05, 0) is 18.2 Å². The summed E-state index contributed by atoms with van der Waals surface area (Å²) in [4.78, 5) is 18.4. The number of non-ortho nitro benzene ring substituents is 1. The summed E-state index contributed by atoms with van der Waals surface area (Å²) in [5.74, 6) is 0. The van der Waals surface area contributed by atoms with E-state index in [1.165, 1.54) is 54.9 Å². The molecule has 31 heavy (non-hydrogen) atoms. The number of hydrogen-bond donors (Lipinski definition) is 0. The fourth-order valence-corrected chi connectivity index (χ4v) is 4.18. The standard InChI is InChI=1S/C18H14ClN7O4S/c1-23(22-10-15-9-21-18-5-2-13(19)11-25(15)18)31(29,30)17-8-14(26(27)28)3-4-16(17)24-7-6-20-12-24/h2-12H,1H3. The van der Waals surface area contributed by atoms with Crippen LogP contribution in [0.15, 0.2) is 71.4 Å². The smallest absolute Gasteiger partial charge is 0.281 e. The predicted octanol–water partition coefficient (Wildman–Crippen LogP) is 2.74. The van der Waals surface area contributed by atoms with Gasteiger partial charge in [-0.15, -0.1) is 0 Å². The Morgan fingerprint density at radius 3 is 2.81 bits per heavy atom. The molecular formula is C18H14ClN7O4S. The summed E-state index contributed by atoms with van der Waals surface area (Å²) in [6, 6.07) is 6.95. The van der Waals surface area contributed by atoms with Crippen LogP contribution >= 0.6 is 11.6 Å². The lowest BCUT2D eigenvalue weighted by Gasteiger charge is -2.16. The molecule has 13 heteroatoms. The summed E-state index contributed by atoms with van der Waals surface area (Å²) in [7, 11) is -3.01. The molecule has 0 fully saturated rings. The average molecular weight is 460 g/mol. The molecular weight excluding hydrogens is 446 g/mol. The summed E-state index contributed by atoms with van der Waals surface area (Å²) in [6.07, 6.45) is 8.84. The number of aromatic nitrogens is 4. The molecule has 0 atom stereocenters. The number of imidazole rings is 2. The van der Waals surface area contributed by atoms with Crippen LogP contribution in [0.3, 0.4) is 0 Å². The third kappa shape index (κ3) is 3.85. The van der Waals surface area contributed by atoms with Crippen LogP contribution in [0.5, 0.6) is 0 Å². The minimum atomic E-state index is -4.24. The van der Waals surface area contributed by atoms with Crippen molar-refractivity contribution < 1.29 is 13.3 Å². The van der Waals surface area contributed by atoms with Crippen molar-refractivity contribution in [2.24, 2.45) is 5.10 Å². The van der Waals surface area contributed by atoms with Gasteiger partial charge in [-0.2, -0.15) is 17.9 Å². The first-order valence-corrected chi connectivity index (χ1v) is 10.5. The van der Waals surface area contributed by atoms with E-state index < -0.39 is 14.9 Å². The van der Waals surface area contributed by atoms with Crippen LogP contribution in [0, 0.1) is 10.1 Å². The Hall–Kier alpha value is -3.77. The third-order valence-electron chi connectivity index (χ3n) is 4.41. The van der Waals surface area contributed by atoms with E-state index in [2.05, 4.69) is 15.1 Å². The molecule has 0 aliphatic rings. The number of hydrogen-bond acceptors (Lipinski definition) is 7. The Morgan fingerprint density at radius 1 is 1.29 bits per heavy atom. The number of rotatable bonds is 6. The van der Waals surface area contributed by atoms with Gasteiger partial charge in [0.2, 0.25) is 0 Å². The van der Waals surface area contributed by atoms with E-state index in [9.17, 15) is 18.5 Å². The van der Waals surface area contributed by atoms with Crippen LogP contribution in [0.25, 0.3) is 11.3 Å². The van der Waals surface area contributed by atoms with Gasteiger partial charge in [0.05, 0.1) is 40.1 Å². The normalized spacial score (nSPS) is 11.9. The molecule has 4 rings (SSSR count). The second kappa shape index (κ2) is 7.81.